The third-order valence-corrected chi connectivity index (χ3v) is 4.97. The SMILES string of the molecule is CC(=O)c1ccc(C(c2ccc(C(C)=O)c(C(=O)O)c2)(C(F)(F)F)C(F)(F)F)cc1C(=O)O. The van der Waals surface area contributed by atoms with Gasteiger partial charge >= 0.3 is 24.3 Å². The summed E-state index contributed by atoms with van der Waals surface area (Å²) in [6.07, 6.45) is -12.3. The van der Waals surface area contributed by atoms with Crippen LogP contribution in [0, 0.1) is 0 Å². The summed E-state index contributed by atoms with van der Waals surface area (Å²) in [5.74, 6) is -5.72. The quantitative estimate of drug-likeness (QED) is 0.454. The van der Waals surface area contributed by atoms with Gasteiger partial charge in [0.25, 0.3) is 0 Å². The maximum atomic E-state index is 14.3. The highest BCUT2D eigenvalue weighted by Crippen LogP contribution is 2.56. The number of carboxylic acids is 2. The van der Waals surface area contributed by atoms with Crippen molar-refractivity contribution in [2.75, 3.05) is 0 Å². The minimum Gasteiger partial charge on any atom is -0.478 e. The number of hydrogen-bond acceptors (Lipinski definition) is 4. The molecule has 0 unspecified atom stereocenters. The van der Waals surface area contributed by atoms with Crippen molar-refractivity contribution in [1.29, 1.82) is 0 Å². The standard InChI is InChI=1S/C21H14F6O6/c1-9(28)13-5-3-11(7-15(13)17(30)31)19(20(22,23)24,21(25,26)27)12-4-6-14(10(2)29)16(8-12)18(32)33/h3-8H,1-2H3,(H,30,31)(H,32,33). The van der Waals surface area contributed by atoms with E-state index in [2.05, 4.69) is 0 Å². The van der Waals surface area contributed by atoms with Crippen LogP contribution in [0.5, 0.6) is 0 Å². The lowest BCUT2D eigenvalue weighted by atomic mass is 9.71. The zero-order chi connectivity index (χ0) is 25.5. The van der Waals surface area contributed by atoms with Crippen LogP contribution < -0.4 is 0 Å². The molecule has 0 aliphatic rings. The summed E-state index contributed by atoms with van der Waals surface area (Å²) in [5, 5.41) is 18.5. The van der Waals surface area contributed by atoms with Gasteiger partial charge in [0.05, 0.1) is 11.1 Å². The summed E-state index contributed by atoms with van der Waals surface area (Å²) < 4.78 is 85.7. The smallest absolute Gasteiger partial charge is 0.411 e. The number of carbonyl (C=O) groups is 4. The zero-order valence-electron chi connectivity index (χ0n) is 16.8. The van der Waals surface area contributed by atoms with Crippen LogP contribution in [0.4, 0.5) is 26.3 Å². The fourth-order valence-electron chi connectivity index (χ4n) is 3.50. The molecular formula is C21H14F6O6. The van der Waals surface area contributed by atoms with E-state index in [-0.39, 0.29) is 12.1 Å². The molecule has 0 aliphatic carbocycles. The summed E-state index contributed by atoms with van der Waals surface area (Å²) in [6, 6.07) is 1.83. The average Bonchev–Trinajstić information content (AvgIpc) is 2.65. The van der Waals surface area contributed by atoms with Crippen LogP contribution in [0.2, 0.25) is 0 Å². The van der Waals surface area contributed by atoms with E-state index < -0.39 is 74.7 Å². The second-order valence-corrected chi connectivity index (χ2v) is 6.99. The Morgan fingerprint density at radius 1 is 0.606 bits per heavy atom. The molecular weight excluding hydrogens is 462 g/mol. The van der Waals surface area contributed by atoms with Crippen molar-refractivity contribution in [2.45, 2.75) is 31.6 Å². The minimum absolute atomic E-state index is 0.0827. The second-order valence-electron chi connectivity index (χ2n) is 6.99. The van der Waals surface area contributed by atoms with Gasteiger partial charge in [-0.05, 0) is 37.1 Å². The van der Waals surface area contributed by atoms with E-state index in [0.717, 1.165) is 13.8 Å². The largest absolute Gasteiger partial charge is 0.478 e. The van der Waals surface area contributed by atoms with Gasteiger partial charge in [-0.25, -0.2) is 9.59 Å². The Morgan fingerprint density at radius 2 is 0.909 bits per heavy atom. The van der Waals surface area contributed by atoms with E-state index in [1.54, 1.807) is 0 Å². The Balaban J connectivity index is 3.10. The topological polar surface area (TPSA) is 109 Å². The molecule has 0 aliphatic heterocycles. The second kappa shape index (κ2) is 8.34. The Hall–Kier alpha value is -3.70. The van der Waals surface area contributed by atoms with Crippen molar-refractivity contribution >= 4 is 23.5 Å². The van der Waals surface area contributed by atoms with Crippen LogP contribution in [0.1, 0.15) is 66.4 Å². The average molecular weight is 476 g/mol. The van der Waals surface area contributed by atoms with Gasteiger partial charge in [-0.15, -0.1) is 0 Å². The number of carbonyl (C=O) groups excluding carboxylic acids is 2. The van der Waals surface area contributed by atoms with Crippen molar-refractivity contribution < 1.29 is 55.7 Å². The molecule has 2 rings (SSSR count). The molecule has 0 spiro atoms. The Labute approximate surface area is 181 Å². The highest BCUT2D eigenvalue weighted by Gasteiger charge is 2.72. The maximum absolute atomic E-state index is 14.3. The first-order valence-electron chi connectivity index (χ1n) is 8.87. The van der Waals surface area contributed by atoms with E-state index in [9.17, 15) is 55.7 Å². The van der Waals surface area contributed by atoms with E-state index in [1.165, 1.54) is 0 Å². The van der Waals surface area contributed by atoms with E-state index in [4.69, 9.17) is 0 Å². The molecule has 0 heterocycles. The predicted molar refractivity (Wildman–Crippen MR) is 99.7 cm³/mol. The van der Waals surface area contributed by atoms with E-state index in [0.29, 0.717) is 24.3 Å². The highest BCUT2D eigenvalue weighted by atomic mass is 19.4. The van der Waals surface area contributed by atoms with Crippen LogP contribution in [-0.2, 0) is 5.41 Å². The third-order valence-electron chi connectivity index (χ3n) is 4.97. The molecule has 176 valence electrons. The first-order chi connectivity index (χ1) is 15.0. The lowest BCUT2D eigenvalue weighted by Gasteiger charge is -2.38. The van der Waals surface area contributed by atoms with Crippen LogP contribution in [0.25, 0.3) is 0 Å². The summed E-state index contributed by atoms with van der Waals surface area (Å²) in [4.78, 5) is 46.2. The lowest BCUT2D eigenvalue weighted by molar-refractivity contribution is -0.288. The molecule has 2 N–H and O–H groups in total. The van der Waals surface area contributed by atoms with Crippen molar-refractivity contribution in [1.82, 2.24) is 0 Å². The number of Topliss-reactive ketones (excluding diaryl/α,β-unsaturated/α-hetero) is 2. The zero-order valence-corrected chi connectivity index (χ0v) is 16.8. The van der Waals surface area contributed by atoms with Gasteiger partial charge in [-0.2, -0.15) is 26.3 Å². The number of hydrogen-bond donors (Lipinski definition) is 2. The van der Waals surface area contributed by atoms with Gasteiger partial charge in [-0.3, -0.25) is 9.59 Å². The molecule has 2 aromatic carbocycles. The van der Waals surface area contributed by atoms with Gasteiger partial charge < -0.3 is 10.2 Å². The predicted octanol–water partition coefficient (Wildman–Crippen LogP) is 4.90. The summed E-state index contributed by atoms with van der Waals surface area (Å²) >= 11 is 0. The van der Waals surface area contributed by atoms with Crippen molar-refractivity contribution in [3.05, 3.63) is 69.8 Å². The molecule has 2 aromatic rings. The van der Waals surface area contributed by atoms with Crippen molar-refractivity contribution in [3.8, 4) is 0 Å². The molecule has 12 heteroatoms. The van der Waals surface area contributed by atoms with Crippen molar-refractivity contribution in [3.63, 3.8) is 0 Å². The number of rotatable bonds is 6. The fourth-order valence-corrected chi connectivity index (χ4v) is 3.50. The third kappa shape index (κ3) is 4.20. The summed E-state index contributed by atoms with van der Waals surface area (Å²) in [7, 11) is 0. The monoisotopic (exact) mass is 476 g/mol. The van der Waals surface area contributed by atoms with E-state index in [1.807, 2.05) is 0 Å². The summed E-state index contributed by atoms with van der Waals surface area (Å²) in [6.45, 7) is 1.75. The van der Waals surface area contributed by atoms with Gasteiger partial charge in [0, 0.05) is 11.1 Å². The number of halogens is 6. The summed E-state index contributed by atoms with van der Waals surface area (Å²) in [5.41, 5.74) is -11.5. The Morgan fingerprint density at radius 3 is 1.12 bits per heavy atom. The van der Waals surface area contributed by atoms with E-state index >= 15 is 0 Å². The number of benzene rings is 2. The van der Waals surface area contributed by atoms with Crippen LogP contribution in [-0.4, -0.2) is 46.1 Å². The number of carboxylic acid groups (broad SMARTS) is 2. The Bertz CT molecular complexity index is 1070. The number of ketones is 2. The normalized spacial score (nSPS) is 12.4. The number of alkyl halides is 6. The number of aromatic carboxylic acids is 2. The van der Waals surface area contributed by atoms with Crippen LogP contribution in [0.15, 0.2) is 36.4 Å². The first kappa shape index (κ1) is 25.6. The van der Waals surface area contributed by atoms with Gasteiger partial charge in [0.1, 0.15) is 0 Å². The molecule has 0 aromatic heterocycles. The molecule has 0 atom stereocenters. The van der Waals surface area contributed by atoms with Crippen LogP contribution in [0.3, 0.4) is 0 Å². The first-order valence-corrected chi connectivity index (χ1v) is 8.87. The van der Waals surface area contributed by atoms with Gasteiger partial charge in [0.2, 0.25) is 5.41 Å². The van der Waals surface area contributed by atoms with Crippen molar-refractivity contribution in [2.24, 2.45) is 0 Å². The molecule has 0 saturated carbocycles. The molecule has 0 radical (unpaired) electrons. The molecule has 0 fully saturated rings. The Kier molecular flexibility index (Phi) is 6.46. The minimum atomic E-state index is -6.15. The molecule has 0 bridgehead atoms. The van der Waals surface area contributed by atoms with Gasteiger partial charge in [0.15, 0.2) is 11.6 Å². The van der Waals surface area contributed by atoms with Gasteiger partial charge in [-0.1, -0.05) is 24.3 Å². The molecule has 33 heavy (non-hydrogen) atoms. The maximum Gasteiger partial charge on any atom is 0.411 e. The molecule has 6 nitrogen and oxygen atoms in total. The highest BCUT2D eigenvalue weighted by molar-refractivity contribution is 6.05. The molecule has 0 amide bonds. The fraction of sp³-hybridized carbons (Fsp3) is 0.238. The molecule has 0 saturated heterocycles. The lowest BCUT2D eigenvalue weighted by Crippen LogP contribution is -2.55. The van der Waals surface area contributed by atoms with Crippen LogP contribution >= 0.6 is 0 Å².